The number of nitrogens with zero attached hydrogens (tertiary/aromatic N) is 5. The molecule has 0 spiro atoms. The Bertz CT molecular complexity index is 2230. The Labute approximate surface area is 379 Å². The molecule has 18 heteroatoms. The van der Waals surface area contributed by atoms with E-state index in [4.69, 9.17) is 23.9 Å². The van der Waals surface area contributed by atoms with E-state index in [1.54, 1.807) is 49.5 Å². The molecule has 1 saturated carbocycles. The summed E-state index contributed by atoms with van der Waals surface area (Å²) in [5.74, 6) is 0.612. The number of anilines is 3. The van der Waals surface area contributed by atoms with Crippen LogP contribution < -0.4 is 30.5 Å². The number of hydrogen-bond acceptors (Lipinski definition) is 14. The van der Waals surface area contributed by atoms with Crippen molar-refractivity contribution in [2.75, 3.05) is 82.0 Å². The third kappa shape index (κ3) is 11.4. The quantitative estimate of drug-likeness (QED) is 0.0706. The van der Waals surface area contributed by atoms with E-state index in [0.29, 0.717) is 92.5 Å². The molecule has 7 rings (SSSR count). The summed E-state index contributed by atoms with van der Waals surface area (Å²) in [5.41, 5.74) is 3.69. The maximum atomic E-state index is 13.3. The Morgan fingerprint density at radius 3 is 2.46 bits per heavy atom. The number of piperidine rings is 1. The molecule has 4 aliphatic rings. The molecule has 18 nitrogen and oxygen atoms in total. The molecule has 2 fully saturated rings. The van der Waals surface area contributed by atoms with E-state index in [9.17, 15) is 28.8 Å². The van der Waals surface area contributed by atoms with Crippen molar-refractivity contribution in [3.05, 3.63) is 70.7 Å². The van der Waals surface area contributed by atoms with E-state index in [0.717, 1.165) is 42.8 Å². The second-order valence-electron chi connectivity index (χ2n) is 16.7. The highest BCUT2D eigenvalue weighted by atomic mass is 16.5. The number of rotatable bonds is 23. The molecule has 0 radical (unpaired) electrons. The van der Waals surface area contributed by atoms with Gasteiger partial charge in [-0.05, 0) is 56.8 Å². The molecule has 0 bridgehead atoms. The topological polar surface area (TPSA) is 211 Å². The summed E-state index contributed by atoms with van der Waals surface area (Å²) in [4.78, 5) is 91.0. The van der Waals surface area contributed by atoms with Gasteiger partial charge in [-0.2, -0.15) is 0 Å². The van der Waals surface area contributed by atoms with Gasteiger partial charge in [-0.3, -0.25) is 34.1 Å². The summed E-state index contributed by atoms with van der Waals surface area (Å²) >= 11 is 0. The van der Waals surface area contributed by atoms with Gasteiger partial charge in [0.1, 0.15) is 36.0 Å². The van der Waals surface area contributed by atoms with Gasteiger partial charge in [0.05, 0.1) is 46.3 Å². The van der Waals surface area contributed by atoms with Crippen LogP contribution in [-0.2, 0) is 46.4 Å². The highest BCUT2D eigenvalue weighted by Crippen LogP contribution is 2.40. The van der Waals surface area contributed by atoms with E-state index < -0.39 is 11.9 Å². The first-order valence-corrected chi connectivity index (χ1v) is 22.7. The number of ketones is 1. The molecule has 3 aliphatic heterocycles. The van der Waals surface area contributed by atoms with Gasteiger partial charge in [0.25, 0.3) is 5.91 Å². The number of fused-ring (bicyclic) bond motifs is 2. The Morgan fingerprint density at radius 1 is 0.938 bits per heavy atom. The molecule has 4 heterocycles. The van der Waals surface area contributed by atoms with Crippen molar-refractivity contribution >= 4 is 52.5 Å². The summed E-state index contributed by atoms with van der Waals surface area (Å²) in [6.45, 7) is 4.98. The molecule has 2 aromatic carbocycles. The summed E-state index contributed by atoms with van der Waals surface area (Å²) in [7, 11) is 3.39. The molecule has 3 aromatic rings. The third-order valence-corrected chi connectivity index (χ3v) is 12.4. The van der Waals surface area contributed by atoms with Crippen molar-refractivity contribution in [2.24, 2.45) is 0 Å². The fourth-order valence-corrected chi connectivity index (χ4v) is 9.02. The summed E-state index contributed by atoms with van der Waals surface area (Å²) in [5, 5.41) is 8.38. The van der Waals surface area contributed by atoms with Crippen molar-refractivity contribution in [3.63, 3.8) is 0 Å². The number of Topliss-reactive ketones (excluding diaryl/α,β-unsaturated/α-hetero) is 1. The SMILES string of the molecule is CC[C@@H]1C(=O)N(C)c2cnc(Cc3ccc(C(=O)CCCNCCOCCOCCOCC(=O)Nc4cccc5c4CN(C4CCC(=O)NC4=O)C5=O)cc3OC)nc2N1C1CCCC1. The first-order chi connectivity index (χ1) is 31.6. The highest BCUT2D eigenvalue weighted by Gasteiger charge is 2.42. The lowest BCUT2D eigenvalue weighted by molar-refractivity contribution is -0.137. The lowest BCUT2D eigenvalue weighted by Gasteiger charge is -2.43. The van der Waals surface area contributed by atoms with Gasteiger partial charge < -0.3 is 44.3 Å². The molecular formula is C47H60N8O10. The fraction of sp³-hybridized carbons (Fsp3) is 0.532. The lowest BCUT2D eigenvalue weighted by atomic mass is 10.0. The van der Waals surface area contributed by atoms with Crippen LogP contribution in [0.5, 0.6) is 5.75 Å². The predicted octanol–water partition coefficient (Wildman–Crippen LogP) is 3.58. The van der Waals surface area contributed by atoms with Crippen molar-refractivity contribution < 1.29 is 47.7 Å². The number of aromatic nitrogens is 2. The number of nitrogens with one attached hydrogen (secondary N) is 3. The van der Waals surface area contributed by atoms with Gasteiger partial charge in [-0.25, -0.2) is 9.97 Å². The van der Waals surface area contributed by atoms with Crippen LogP contribution in [0, 0.1) is 0 Å². The molecule has 3 N–H and O–H groups in total. The maximum absolute atomic E-state index is 13.3. The van der Waals surface area contributed by atoms with E-state index >= 15 is 0 Å². The van der Waals surface area contributed by atoms with Gasteiger partial charge in [0.2, 0.25) is 23.6 Å². The number of methoxy groups -OCH3 is 1. The molecule has 1 aromatic heterocycles. The molecule has 1 unspecified atom stereocenters. The first kappa shape index (κ1) is 47.2. The average molecular weight is 897 g/mol. The largest absolute Gasteiger partial charge is 0.496 e. The predicted molar refractivity (Wildman–Crippen MR) is 240 cm³/mol. The number of benzene rings is 2. The average Bonchev–Trinajstić information content (AvgIpc) is 3.96. The van der Waals surface area contributed by atoms with E-state index in [1.807, 2.05) is 12.1 Å². The van der Waals surface area contributed by atoms with Crippen LogP contribution in [0.3, 0.4) is 0 Å². The van der Waals surface area contributed by atoms with E-state index in [1.165, 1.54) is 4.90 Å². The zero-order valence-corrected chi connectivity index (χ0v) is 37.5. The molecule has 2 atom stereocenters. The standard InChI is InChI=1S/C47H60N8O10/c1-4-36-47(61)53(2)38-27-49-41(51-44(38)55(36)32-9-5-6-10-32)26-31-15-14-30(25-40(31)62-3)39(56)13-8-18-48-19-20-63-21-22-64-23-24-65-29-43(58)50-35-12-7-11-33-34(35)28-54(46(33)60)37-16-17-42(57)52-45(37)59/h7,11-12,14-15,25,27,32,36-37,48H,4-6,8-10,13,16-24,26,28-29H2,1-3H3,(H,50,58)(H,52,57,59)/t36-,37?/m1/s1. The van der Waals surface area contributed by atoms with E-state index in [-0.39, 0.29) is 80.7 Å². The van der Waals surface area contributed by atoms with Crippen LogP contribution in [-0.4, -0.2) is 135 Å². The number of carbonyl (C=O) groups is 6. The van der Waals surface area contributed by atoms with Gasteiger partial charge in [0.15, 0.2) is 11.6 Å². The summed E-state index contributed by atoms with van der Waals surface area (Å²) in [6, 6.07) is 9.85. The molecule has 5 amide bonds. The maximum Gasteiger partial charge on any atom is 0.255 e. The van der Waals surface area contributed by atoms with Crippen LogP contribution in [0.4, 0.5) is 17.2 Å². The lowest BCUT2D eigenvalue weighted by Crippen LogP contribution is -2.55. The van der Waals surface area contributed by atoms with Gasteiger partial charge >= 0.3 is 0 Å². The Balaban J connectivity index is 0.738. The fourth-order valence-electron chi connectivity index (χ4n) is 9.02. The van der Waals surface area contributed by atoms with Crippen LogP contribution >= 0.6 is 0 Å². The smallest absolute Gasteiger partial charge is 0.255 e. The Hall–Kier alpha value is -5.82. The minimum atomic E-state index is -0.740. The Morgan fingerprint density at radius 2 is 1.71 bits per heavy atom. The number of ether oxygens (including phenoxy) is 4. The highest BCUT2D eigenvalue weighted by molar-refractivity contribution is 6.07. The second kappa shape index (κ2) is 22.4. The number of carbonyl (C=O) groups excluding carboxylic acids is 6. The molecule has 1 aliphatic carbocycles. The van der Waals surface area contributed by atoms with Crippen LogP contribution in [0.1, 0.15) is 102 Å². The summed E-state index contributed by atoms with van der Waals surface area (Å²) < 4.78 is 22.4. The van der Waals surface area contributed by atoms with Crippen LogP contribution in [0.25, 0.3) is 0 Å². The van der Waals surface area contributed by atoms with Crippen molar-refractivity contribution in [3.8, 4) is 5.75 Å². The number of amides is 5. The number of hydrogen-bond donors (Lipinski definition) is 3. The van der Waals surface area contributed by atoms with Gasteiger partial charge in [-0.1, -0.05) is 38.0 Å². The Kier molecular flexibility index (Phi) is 16.2. The molecular weight excluding hydrogens is 837 g/mol. The van der Waals surface area contributed by atoms with Gasteiger partial charge in [-0.15, -0.1) is 0 Å². The number of likely N-dealkylation sites (N-methyl/N-ethyl adjacent to an activating group) is 1. The minimum Gasteiger partial charge on any atom is -0.496 e. The number of imide groups is 1. The third-order valence-electron chi connectivity index (χ3n) is 12.4. The zero-order chi connectivity index (χ0) is 45.9. The molecule has 1 saturated heterocycles. The van der Waals surface area contributed by atoms with E-state index in [2.05, 4.69) is 32.8 Å². The monoisotopic (exact) mass is 896 g/mol. The van der Waals surface area contributed by atoms with Crippen molar-refractivity contribution in [2.45, 2.75) is 95.8 Å². The summed E-state index contributed by atoms with van der Waals surface area (Å²) in [6.07, 6.45) is 8.75. The minimum absolute atomic E-state index is 0.0299. The van der Waals surface area contributed by atoms with Crippen molar-refractivity contribution in [1.82, 2.24) is 25.5 Å². The normalized spacial score (nSPS) is 18.5. The zero-order valence-electron chi connectivity index (χ0n) is 37.5. The van der Waals surface area contributed by atoms with Crippen LogP contribution in [0.15, 0.2) is 42.6 Å². The van der Waals surface area contributed by atoms with Crippen LogP contribution in [0.2, 0.25) is 0 Å². The molecule has 348 valence electrons. The molecule has 65 heavy (non-hydrogen) atoms. The first-order valence-electron chi connectivity index (χ1n) is 22.7. The second-order valence-corrected chi connectivity index (χ2v) is 16.7. The van der Waals surface area contributed by atoms with Gasteiger partial charge in [0, 0.05) is 73.4 Å². The van der Waals surface area contributed by atoms with Crippen molar-refractivity contribution in [1.29, 1.82) is 0 Å².